The molecule has 6 nitrogen and oxygen atoms in total. The molecule has 2 N–H and O–H groups in total. The van der Waals surface area contributed by atoms with E-state index in [2.05, 4.69) is 36.3 Å². The van der Waals surface area contributed by atoms with E-state index in [1.807, 2.05) is 27.0 Å². The van der Waals surface area contributed by atoms with Crippen LogP contribution in [0.2, 0.25) is 0 Å². The molecule has 1 atom stereocenters. The molecule has 0 aliphatic rings. The second kappa shape index (κ2) is 7.55. The third kappa shape index (κ3) is 3.52. The van der Waals surface area contributed by atoms with Crippen LogP contribution in [-0.4, -0.2) is 31.5 Å². The molecule has 0 saturated heterocycles. The van der Waals surface area contributed by atoms with Crippen molar-refractivity contribution < 1.29 is 13.9 Å². The van der Waals surface area contributed by atoms with E-state index in [9.17, 15) is 8.78 Å². The summed E-state index contributed by atoms with van der Waals surface area (Å²) in [5.41, 5.74) is 2.13. The molecule has 2 aromatic heterocycles. The number of halogens is 3. The lowest BCUT2D eigenvalue weighted by Gasteiger charge is -2.20. The zero-order valence-corrected chi connectivity index (χ0v) is 18.2. The number of aliphatic hydroxyl groups excluding tert-OH is 1. The molecule has 1 unspecified atom stereocenters. The fraction of sp³-hybridized carbons (Fsp3) is 0.286. The van der Waals surface area contributed by atoms with E-state index in [0.717, 1.165) is 26.3 Å². The Balaban J connectivity index is 1.78. The third-order valence-electron chi connectivity index (χ3n) is 5.11. The topological polar surface area (TPSA) is 75.9 Å². The lowest BCUT2D eigenvalue weighted by atomic mass is 10.0. The van der Waals surface area contributed by atoms with Crippen molar-refractivity contribution in [2.45, 2.75) is 25.8 Å². The van der Waals surface area contributed by atoms with Gasteiger partial charge in [-0.05, 0) is 47.5 Å². The van der Waals surface area contributed by atoms with Gasteiger partial charge in [0.05, 0.1) is 17.2 Å². The summed E-state index contributed by atoms with van der Waals surface area (Å²) < 4.78 is 30.5. The van der Waals surface area contributed by atoms with Crippen molar-refractivity contribution in [1.82, 2.24) is 19.7 Å². The molecule has 0 aliphatic carbocycles. The monoisotopic (exact) mass is 475 g/mol. The van der Waals surface area contributed by atoms with Crippen molar-refractivity contribution in [3.05, 3.63) is 58.0 Å². The summed E-state index contributed by atoms with van der Waals surface area (Å²) in [5.74, 6) is -2.09. The number of aryl methyl sites for hydroxylation is 2. The zero-order chi connectivity index (χ0) is 21.6. The molecule has 0 amide bonds. The molecule has 2 aromatic carbocycles. The summed E-state index contributed by atoms with van der Waals surface area (Å²) >= 11 is 3.60. The van der Waals surface area contributed by atoms with Gasteiger partial charge >= 0.3 is 0 Å². The standard InChI is InChI=1S/C21H20BrF2N5O/c1-11(13-5-4-6-14(7-13)21(23,24)10-30)26-20-15-8-17(22)19-16(9-25-29(19)3)18(15)27-12(2)28-20/h4-9,11,30H,10H2,1-3H3,(H,26,27,28). The number of hydrogen-bond donors (Lipinski definition) is 2. The van der Waals surface area contributed by atoms with Crippen LogP contribution in [0, 0.1) is 6.92 Å². The lowest BCUT2D eigenvalue weighted by molar-refractivity contribution is -0.0556. The number of nitrogens with zero attached hydrogens (tertiary/aromatic N) is 4. The van der Waals surface area contributed by atoms with Crippen molar-refractivity contribution in [3.63, 3.8) is 0 Å². The molecule has 4 aromatic rings. The molecule has 2 heterocycles. The van der Waals surface area contributed by atoms with Crippen LogP contribution in [-0.2, 0) is 13.0 Å². The smallest absolute Gasteiger partial charge is 0.295 e. The minimum absolute atomic E-state index is 0.223. The number of anilines is 1. The minimum atomic E-state index is -3.29. The van der Waals surface area contributed by atoms with Crippen LogP contribution in [0.4, 0.5) is 14.6 Å². The number of fused-ring (bicyclic) bond motifs is 3. The van der Waals surface area contributed by atoms with E-state index in [1.54, 1.807) is 23.0 Å². The Labute approximate surface area is 180 Å². The summed E-state index contributed by atoms with van der Waals surface area (Å²) in [6, 6.07) is 7.67. The predicted octanol–water partition coefficient (Wildman–Crippen LogP) is 4.84. The van der Waals surface area contributed by atoms with Gasteiger partial charge in [0.1, 0.15) is 18.2 Å². The number of hydrogen-bond acceptors (Lipinski definition) is 5. The molecule has 9 heteroatoms. The highest BCUT2D eigenvalue weighted by Gasteiger charge is 2.30. The maximum Gasteiger partial charge on any atom is 0.295 e. The predicted molar refractivity (Wildman–Crippen MR) is 116 cm³/mol. The van der Waals surface area contributed by atoms with Crippen LogP contribution in [0.3, 0.4) is 0 Å². The number of benzene rings is 2. The normalized spacial score (nSPS) is 13.2. The molecule has 0 saturated carbocycles. The molecule has 156 valence electrons. The van der Waals surface area contributed by atoms with E-state index < -0.39 is 12.5 Å². The summed E-state index contributed by atoms with van der Waals surface area (Å²) in [6.07, 6.45) is 1.77. The van der Waals surface area contributed by atoms with Crippen molar-refractivity contribution in [2.75, 3.05) is 11.9 Å². The fourth-order valence-corrected chi connectivity index (χ4v) is 4.24. The Kier molecular flexibility index (Phi) is 5.19. The maximum atomic E-state index is 13.9. The highest BCUT2D eigenvalue weighted by atomic mass is 79.9. The summed E-state index contributed by atoms with van der Waals surface area (Å²) in [6.45, 7) is 2.45. The number of alkyl halides is 2. The van der Waals surface area contributed by atoms with E-state index in [4.69, 9.17) is 5.11 Å². The number of aromatic nitrogens is 4. The van der Waals surface area contributed by atoms with Crippen molar-refractivity contribution in [3.8, 4) is 0 Å². The Bertz CT molecular complexity index is 1260. The lowest BCUT2D eigenvalue weighted by Crippen LogP contribution is -2.19. The first-order valence-corrected chi connectivity index (χ1v) is 10.1. The van der Waals surface area contributed by atoms with Gasteiger partial charge in [-0.3, -0.25) is 4.68 Å². The number of aliphatic hydroxyl groups is 1. The SMILES string of the molecule is Cc1nc(NC(C)c2cccc(C(F)(F)CO)c2)c2cc(Br)c3c(cnn3C)c2n1. The first-order chi connectivity index (χ1) is 14.2. The van der Waals surface area contributed by atoms with Crippen molar-refractivity contribution in [1.29, 1.82) is 0 Å². The summed E-state index contributed by atoms with van der Waals surface area (Å²) in [7, 11) is 1.86. The molecule has 30 heavy (non-hydrogen) atoms. The average molecular weight is 476 g/mol. The van der Waals surface area contributed by atoms with E-state index in [1.165, 1.54) is 12.1 Å². The van der Waals surface area contributed by atoms with Gasteiger partial charge in [-0.25, -0.2) is 9.97 Å². The van der Waals surface area contributed by atoms with Crippen molar-refractivity contribution in [2.24, 2.45) is 7.05 Å². The van der Waals surface area contributed by atoms with Gasteiger partial charge in [-0.15, -0.1) is 0 Å². The van der Waals surface area contributed by atoms with Crippen molar-refractivity contribution >= 4 is 43.6 Å². The first kappa shape index (κ1) is 20.6. The van der Waals surface area contributed by atoms with E-state index >= 15 is 0 Å². The van der Waals surface area contributed by atoms with Crippen LogP contribution >= 0.6 is 15.9 Å². The molecule has 0 aliphatic heterocycles. The Morgan fingerprint density at radius 3 is 2.73 bits per heavy atom. The minimum Gasteiger partial charge on any atom is -0.390 e. The molecular weight excluding hydrogens is 456 g/mol. The van der Waals surface area contributed by atoms with Crippen LogP contribution in [0.25, 0.3) is 21.8 Å². The molecule has 0 fully saturated rings. The quantitative estimate of drug-likeness (QED) is 0.431. The maximum absolute atomic E-state index is 13.9. The molecular formula is C21H20BrF2N5O. The van der Waals surface area contributed by atoms with Crippen LogP contribution < -0.4 is 5.32 Å². The second-order valence-corrected chi connectivity index (χ2v) is 8.11. The Morgan fingerprint density at radius 2 is 2.00 bits per heavy atom. The van der Waals surface area contributed by atoms with Gasteiger partial charge in [0.2, 0.25) is 0 Å². The van der Waals surface area contributed by atoms with Gasteiger partial charge in [0.15, 0.2) is 0 Å². The van der Waals surface area contributed by atoms with Gasteiger partial charge in [0, 0.05) is 33.9 Å². The zero-order valence-electron chi connectivity index (χ0n) is 16.6. The largest absolute Gasteiger partial charge is 0.390 e. The van der Waals surface area contributed by atoms with Crippen LogP contribution in [0.1, 0.15) is 29.9 Å². The number of rotatable bonds is 5. The Hall–Kier alpha value is -2.65. The average Bonchev–Trinajstić information content (AvgIpc) is 3.11. The second-order valence-electron chi connectivity index (χ2n) is 7.26. The van der Waals surface area contributed by atoms with Gasteiger partial charge in [-0.2, -0.15) is 13.9 Å². The van der Waals surface area contributed by atoms with Gasteiger partial charge in [0.25, 0.3) is 5.92 Å². The molecule has 0 bridgehead atoms. The Morgan fingerprint density at radius 1 is 1.23 bits per heavy atom. The van der Waals surface area contributed by atoms with E-state index in [0.29, 0.717) is 17.2 Å². The summed E-state index contributed by atoms with van der Waals surface area (Å²) in [4.78, 5) is 9.15. The highest BCUT2D eigenvalue weighted by Crippen LogP contribution is 2.35. The van der Waals surface area contributed by atoms with Crippen LogP contribution in [0.15, 0.2) is 41.0 Å². The molecule has 4 rings (SSSR count). The van der Waals surface area contributed by atoms with E-state index in [-0.39, 0.29) is 11.6 Å². The molecule has 0 spiro atoms. The summed E-state index contributed by atoms with van der Waals surface area (Å²) in [5, 5.41) is 18.3. The number of nitrogens with one attached hydrogen (secondary N) is 1. The first-order valence-electron chi connectivity index (χ1n) is 9.35. The van der Waals surface area contributed by atoms with Gasteiger partial charge in [-0.1, -0.05) is 18.2 Å². The highest BCUT2D eigenvalue weighted by molar-refractivity contribution is 9.10. The van der Waals surface area contributed by atoms with Gasteiger partial charge < -0.3 is 10.4 Å². The fourth-order valence-electron chi connectivity index (χ4n) is 3.54. The van der Waals surface area contributed by atoms with Crippen LogP contribution in [0.5, 0.6) is 0 Å². The molecule has 0 radical (unpaired) electrons. The third-order valence-corrected chi connectivity index (χ3v) is 5.71.